The molecule has 0 bridgehead atoms. The smallest absolute Gasteiger partial charge is 0.0286 e. The fraction of sp³-hybridized carbons (Fsp3) is 0.667. The number of rotatable bonds is 4. The summed E-state index contributed by atoms with van der Waals surface area (Å²) in [6.45, 7) is 8.07. The van der Waals surface area contributed by atoms with Gasteiger partial charge in [0, 0.05) is 0 Å². The highest BCUT2D eigenvalue weighted by Crippen LogP contribution is 2.01. The molecule has 0 spiro atoms. The van der Waals surface area contributed by atoms with E-state index in [0.29, 0.717) is 0 Å². The molecule has 53 valence electrons. The summed E-state index contributed by atoms with van der Waals surface area (Å²) in [6.07, 6.45) is 7.40. The molecule has 0 nitrogen and oxygen atoms in total. The third-order valence-corrected chi connectivity index (χ3v) is 1.30. The summed E-state index contributed by atoms with van der Waals surface area (Å²) in [5, 5.41) is 0. The molecule has 0 rings (SSSR count). The van der Waals surface area contributed by atoms with Gasteiger partial charge in [0.1, 0.15) is 0 Å². The molecule has 0 heteroatoms. The van der Waals surface area contributed by atoms with E-state index in [1.165, 1.54) is 31.3 Å². The van der Waals surface area contributed by atoms with Crippen molar-refractivity contribution >= 4 is 0 Å². The molecule has 0 N–H and O–H groups in total. The van der Waals surface area contributed by atoms with Crippen LogP contribution in [0.5, 0.6) is 0 Å². The summed E-state index contributed by atoms with van der Waals surface area (Å²) in [7, 11) is 0. The van der Waals surface area contributed by atoms with Gasteiger partial charge in [0.05, 0.1) is 0 Å². The first-order chi connectivity index (χ1) is 4.27. The molecule has 1 radical (unpaired) electrons. The highest BCUT2D eigenvalue weighted by molar-refractivity contribution is 5.00. The van der Waals surface area contributed by atoms with E-state index in [0.717, 1.165) is 0 Å². The topological polar surface area (TPSA) is 0 Å². The van der Waals surface area contributed by atoms with Gasteiger partial charge in [-0.2, -0.15) is 0 Å². The first kappa shape index (κ1) is 8.74. The van der Waals surface area contributed by atoms with Gasteiger partial charge in [-0.1, -0.05) is 31.4 Å². The van der Waals surface area contributed by atoms with Crippen LogP contribution in [-0.2, 0) is 0 Å². The molecule has 0 aliphatic carbocycles. The summed E-state index contributed by atoms with van der Waals surface area (Å²) in [4.78, 5) is 0. The zero-order valence-corrected chi connectivity index (χ0v) is 6.61. The molecule has 0 saturated heterocycles. The fourth-order valence-electron chi connectivity index (χ4n) is 0.743. The molecule has 0 aromatic heterocycles. The number of allylic oxidation sites excluding steroid dienone is 2. The Bertz CT molecular complexity index is 76.0. The second kappa shape index (κ2) is 5.87. The van der Waals surface area contributed by atoms with Crippen molar-refractivity contribution in [3.05, 3.63) is 18.6 Å². The van der Waals surface area contributed by atoms with Crippen LogP contribution in [0.4, 0.5) is 0 Å². The third kappa shape index (κ3) is 7.74. The summed E-state index contributed by atoms with van der Waals surface area (Å²) in [5.41, 5.74) is 1.20. The first-order valence-corrected chi connectivity index (χ1v) is 3.76. The molecule has 0 heterocycles. The molecular formula is C9H17. The third-order valence-electron chi connectivity index (χ3n) is 1.30. The van der Waals surface area contributed by atoms with Crippen LogP contribution in [-0.4, -0.2) is 0 Å². The van der Waals surface area contributed by atoms with E-state index in [-0.39, 0.29) is 0 Å². The van der Waals surface area contributed by atoms with Crippen LogP contribution in [0.15, 0.2) is 11.6 Å². The molecule has 0 saturated carbocycles. The quantitative estimate of drug-likeness (QED) is 0.505. The molecule has 0 fully saturated rings. The standard InChI is InChI=1S/C9H17/c1-4-5-6-7-8-9(2)3/h8H,2,4-7H2,1,3H3/b9-8+. The lowest BCUT2D eigenvalue weighted by Gasteiger charge is -1.92. The van der Waals surface area contributed by atoms with Crippen molar-refractivity contribution in [2.24, 2.45) is 0 Å². The Balaban J connectivity index is 3.00. The van der Waals surface area contributed by atoms with Crippen molar-refractivity contribution < 1.29 is 0 Å². The van der Waals surface area contributed by atoms with Crippen LogP contribution in [0, 0.1) is 6.92 Å². The largest absolute Gasteiger partial charge is 0.0856 e. The second-order valence-electron chi connectivity index (χ2n) is 2.55. The molecule has 0 aliphatic heterocycles. The van der Waals surface area contributed by atoms with Crippen LogP contribution in [0.25, 0.3) is 0 Å². The van der Waals surface area contributed by atoms with Gasteiger partial charge in [-0.15, -0.1) is 0 Å². The first-order valence-electron chi connectivity index (χ1n) is 3.76. The lowest BCUT2D eigenvalue weighted by molar-refractivity contribution is 0.728. The Morgan fingerprint density at radius 3 is 2.56 bits per heavy atom. The van der Waals surface area contributed by atoms with Crippen LogP contribution in [0.1, 0.15) is 39.5 Å². The van der Waals surface area contributed by atoms with Gasteiger partial charge < -0.3 is 0 Å². The lowest BCUT2D eigenvalue weighted by atomic mass is 10.2. The minimum Gasteiger partial charge on any atom is -0.0856 e. The summed E-state index contributed by atoms with van der Waals surface area (Å²) in [5.74, 6) is 0. The van der Waals surface area contributed by atoms with Crippen LogP contribution in [0.2, 0.25) is 0 Å². The summed E-state index contributed by atoms with van der Waals surface area (Å²) < 4.78 is 0. The monoisotopic (exact) mass is 125 g/mol. The van der Waals surface area contributed by atoms with Gasteiger partial charge in [0.2, 0.25) is 0 Å². The van der Waals surface area contributed by atoms with Crippen molar-refractivity contribution in [2.45, 2.75) is 39.5 Å². The highest BCUT2D eigenvalue weighted by atomic mass is 13.9. The lowest BCUT2D eigenvalue weighted by Crippen LogP contribution is -1.72. The minimum absolute atomic E-state index is 1.20. The van der Waals surface area contributed by atoms with Gasteiger partial charge in [0.15, 0.2) is 0 Å². The number of hydrogen-bond acceptors (Lipinski definition) is 0. The van der Waals surface area contributed by atoms with E-state index in [1.807, 2.05) is 6.92 Å². The van der Waals surface area contributed by atoms with Gasteiger partial charge >= 0.3 is 0 Å². The van der Waals surface area contributed by atoms with Crippen LogP contribution in [0.3, 0.4) is 0 Å². The summed E-state index contributed by atoms with van der Waals surface area (Å²) >= 11 is 0. The summed E-state index contributed by atoms with van der Waals surface area (Å²) in [6, 6.07) is 0. The Morgan fingerprint density at radius 2 is 2.11 bits per heavy atom. The van der Waals surface area contributed by atoms with Crippen molar-refractivity contribution in [3.63, 3.8) is 0 Å². The van der Waals surface area contributed by atoms with Crippen LogP contribution >= 0.6 is 0 Å². The van der Waals surface area contributed by atoms with E-state index < -0.39 is 0 Å². The number of unbranched alkanes of at least 4 members (excludes halogenated alkanes) is 3. The molecule has 0 aliphatic rings. The van der Waals surface area contributed by atoms with E-state index in [9.17, 15) is 0 Å². The van der Waals surface area contributed by atoms with Gasteiger partial charge in [0.25, 0.3) is 0 Å². The normalized spacial score (nSPS) is 12.1. The average Bonchev–Trinajstić information content (AvgIpc) is 1.80. The Morgan fingerprint density at radius 1 is 1.44 bits per heavy atom. The average molecular weight is 125 g/mol. The minimum atomic E-state index is 1.20. The highest BCUT2D eigenvalue weighted by Gasteiger charge is 1.81. The van der Waals surface area contributed by atoms with Crippen LogP contribution < -0.4 is 0 Å². The molecule has 0 amide bonds. The Labute approximate surface area is 59.0 Å². The van der Waals surface area contributed by atoms with Crippen molar-refractivity contribution in [1.29, 1.82) is 0 Å². The van der Waals surface area contributed by atoms with E-state index in [4.69, 9.17) is 0 Å². The molecule has 0 unspecified atom stereocenters. The molecule has 0 aromatic carbocycles. The molecule has 0 aromatic rings. The van der Waals surface area contributed by atoms with E-state index in [2.05, 4.69) is 19.9 Å². The Hall–Kier alpha value is -0.260. The predicted molar refractivity (Wildman–Crippen MR) is 43.3 cm³/mol. The predicted octanol–water partition coefficient (Wildman–Crippen LogP) is 3.35. The van der Waals surface area contributed by atoms with Gasteiger partial charge in [-0.05, 0) is 26.7 Å². The Kier molecular flexibility index (Phi) is 5.70. The maximum absolute atomic E-state index is 3.80. The van der Waals surface area contributed by atoms with Gasteiger partial charge in [-0.25, -0.2) is 0 Å². The fourth-order valence-corrected chi connectivity index (χ4v) is 0.743. The van der Waals surface area contributed by atoms with Gasteiger partial charge in [-0.3, -0.25) is 0 Å². The zero-order chi connectivity index (χ0) is 7.11. The van der Waals surface area contributed by atoms with Crippen molar-refractivity contribution in [2.75, 3.05) is 0 Å². The molecule has 9 heavy (non-hydrogen) atoms. The number of hydrogen-bond donors (Lipinski definition) is 0. The maximum Gasteiger partial charge on any atom is -0.0286 e. The zero-order valence-electron chi connectivity index (χ0n) is 6.61. The maximum atomic E-state index is 3.80. The SMILES string of the molecule is [CH2]/C(C)=C\CCCCC. The molecule has 0 atom stereocenters. The van der Waals surface area contributed by atoms with E-state index in [1.54, 1.807) is 0 Å². The van der Waals surface area contributed by atoms with Crippen molar-refractivity contribution in [3.8, 4) is 0 Å². The van der Waals surface area contributed by atoms with Crippen molar-refractivity contribution in [1.82, 2.24) is 0 Å². The van der Waals surface area contributed by atoms with E-state index >= 15 is 0 Å². The molecular weight excluding hydrogens is 108 g/mol. The second-order valence-corrected chi connectivity index (χ2v) is 2.55.